The van der Waals surface area contributed by atoms with Crippen molar-refractivity contribution in [2.45, 2.75) is 51.6 Å². The van der Waals surface area contributed by atoms with Crippen molar-refractivity contribution in [2.24, 2.45) is 0 Å². The number of hydrogen-bond donors (Lipinski definition) is 1. The minimum atomic E-state index is -3.83. The number of nitrogens with one attached hydrogen (secondary N) is 1. The van der Waals surface area contributed by atoms with Crippen LogP contribution in [0.3, 0.4) is 0 Å². The number of rotatable bonds is 15. The van der Waals surface area contributed by atoms with Gasteiger partial charge in [0, 0.05) is 48.1 Å². The fourth-order valence-corrected chi connectivity index (χ4v) is 6.03. The van der Waals surface area contributed by atoms with Crippen molar-refractivity contribution in [1.82, 2.24) is 10.2 Å². The molecule has 3 aromatic carbocycles. The Hall–Kier alpha value is -3.14. The Labute approximate surface area is 257 Å². The second kappa shape index (κ2) is 15.9. The van der Waals surface area contributed by atoms with Crippen molar-refractivity contribution in [1.29, 1.82) is 0 Å². The van der Waals surface area contributed by atoms with Gasteiger partial charge >= 0.3 is 0 Å². The summed E-state index contributed by atoms with van der Waals surface area (Å²) in [7, 11) is -3.83. The van der Waals surface area contributed by atoms with Gasteiger partial charge in [0.2, 0.25) is 21.8 Å². The number of halogens is 3. The van der Waals surface area contributed by atoms with E-state index in [0.717, 1.165) is 29.0 Å². The Morgan fingerprint density at radius 3 is 2.19 bits per heavy atom. The molecule has 0 aromatic heterocycles. The second-order valence-corrected chi connectivity index (χ2v) is 12.7. The van der Waals surface area contributed by atoms with E-state index in [0.29, 0.717) is 22.2 Å². The molecule has 0 saturated carbocycles. The molecule has 226 valence electrons. The highest BCUT2D eigenvalue weighted by atomic mass is 35.5. The molecule has 0 aliphatic rings. The Morgan fingerprint density at radius 1 is 0.929 bits per heavy atom. The van der Waals surface area contributed by atoms with Gasteiger partial charge in [-0.1, -0.05) is 85.1 Å². The smallest absolute Gasteiger partial charge is 0.243 e. The predicted molar refractivity (Wildman–Crippen MR) is 167 cm³/mol. The van der Waals surface area contributed by atoms with Crippen molar-refractivity contribution >= 4 is 50.7 Å². The zero-order chi connectivity index (χ0) is 30.7. The summed E-state index contributed by atoms with van der Waals surface area (Å²) in [5.41, 5.74) is 1.26. The molecule has 7 nitrogen and oxygen atoms in total. The molecule has 0 aliphatic heterocycles. The van der Waals surface area contributed by atoms with Gasteiger partial charge in [-0.15, -0.1) is 0 Å². The lowest BCUT2D eigenvalue weighted by Crippen LogP contribution is -2.50. The van der Waals surface area contributed by atoms with Crippen LogP contribution in [0.5, 0.6) is 0 Å². The molecule has 0 heterocycles. The van der Waals surface area contributed by atoms with Crippen molar-refractivity contribution < 1.29 is 22.4 Å². The average molecular weight is 637 g/mol. The number of carbonyl (C=O) groups excluding carboxylic acids is 2. The molecule has 0 spiro atoms. The molecule has 0 unspecified atom stereocenters. The monoisotopic (exact) mass is 635 g/mol. The van der Waals surface area contributed by atoms with Crippen LogP contribution in [0.4, 0.5) is 10.1 Å². The summed E-state index contributed by atoms with van der Waals surface area (Å²) in [6.07, 6.45) is 2.89. The van der Waals surface area contributed by atoms with Gasteiger partial charge in [-0.3, -0.25) is 13.9 Å². The zero-order valence-corrected chi connectivity index (χ0v) is 26.1. The molecule has 0 saturated heterocycles. The minimum absolute atomic E-state index is 0.0286. The Balaban J connectivity index is 1.92. The van der Waals surface area contributed by atoms with E-state index in [-0.39, 0.29) is 49.9 Å². The lowest BCUT2D eigenvalue weighted by Gasteiger charge is -2.32. The number of unbranched alkanes of at least 4 members (excludes halogenated alkanes) is 1. The molecule has 2 amide bonds. The van der Waals surface area contributed by atoms with Gasteiger partial charge in [-0.2, -0.15) is 0 Å². The van der Waals surface area contributed by atoms with Crippen LogP contribution < -0.4 is 9.62 Å². The maximum Gasteiger partial charge on any atom is 0.243 e. The van der Waals surface area contributed by atoms with Gasteiger partial charge in [-0.05, 0) is 42.7 Å². The first kappa shape index (κ1) is 33.4. The maximum atomic E-state index is 14.5. The first-order chi connectivity index (χ1) is 20.0. The normalized spacial score (nSPS) is 12.0. The van der Waals surface area contributed by atoms with Crippen LogP contribution in [0.25, 0.3) is 0 Å². The second-order valence-electron chi connectivity index (χ2n) is 9.96. The lowest BCUT2D eigenvalue weighted by molar-refractivity contribution is -0.141. The highest BCUT2D eigenvalue weighted by molar-refractivity contribution is 7.92. The molecule has 0 fully saturated rings. The molecular formula is C31H36Cl2FN3O4S. The van der Waals surface area contributed by atoms with Crippen LogP contribution in [0.2, 0.25) is 10.0 Å². The number of sulfonamides is 1. The Bertz CT molecular complexity index is 1440. The fraction of sp³-hybridized carbons (Fsp3) is 0.355. The molecular weight excluding hydrogens is 600 g/mol. The summed E-state index contributed by atoms with van der Waals surface area (Å²) in [5, 5.41) is 3.66. The zero-order valence-electron chi connectivity index (χ0n) is 23.7. The van der Waals surface area contributed by atoms with Gasteiger partial charge in [0.15, 0.2) is 0 Å². The van der Waals surface area contributed by atoms with Crippen molar-refractivity contribution in [3.8, 4) is 0 Å². The van der Waals surface area contributed by atoms with Gasteiger partial charge in [-0.25, -0.2) is 12.8 Å². The summed E-state index contributed by atoms with van der Waals surface area (Å²) in [6.45, 7) is 2.32. The number of amides is 2. The summed E-state index contributed by atoms with van der Waals surface area (Å²) in [4.78, 5) is 28.9. The molecule has 1 atom stereocenters. The molecule has 42 heavy (non-hydrogen) atoms. The molecule has 0 bridgehead atoms. The number of nitrogens with zero attached hydrogens (tertiary/aromatic N) is 2. The largest absolute Gasteiger partial charge is 0.354 e. The molecule has 0 aliphatic carbocycles. The quantitative estimate of drug-likeness (QED) is 0.200. The lowest BCUT2D eigenvalue weighted by atomic mass is 10.0. The predicted octanol–water partition coefficient (Wildman–Crippen LogP) is 6.24. The number of anilines is 1. The topological polar surface area (TPSA) is 86.8 Å². The number of carbonyl (C=O) groups is 2. The maximum absolute atomic E-state index is 14.5. The van der Waals surface area contributed by atoms with Gasteiger partial charge < -0.3 is 10.2 Å². The first-order valence-corrected chi connectivity index (χ1v) is 16.4. The molecule has 0 radical (unpaired) electrons. The third kappa shape index (κ3) is 9.44. The highest BCUT2D eigenvalue weighted by Gasteiger charge is 2.31. The van der Waals surface area contributed by atoms with E-state index in [1.54, 1.807) is 24.3 Å². The van der Waals surface area contributed by atoms with Crippen LogP contribution in [0, 0.1) is 5.82 Å². The van der Waals surface area contributed by atoms with E-state index < -0.39 is 21.9 Å². The van der Waals surface area contributed by atoms with E-state index in [1.165, 1.54) is 23.1 Å². The number of hydrogen-bond acceptors (Lipinski definition) is 4. The standard InChI is InChI=1S/C31H36Cl2FN3O4S/c1-3-4-19-35-31(39)29(21-23-12-6-5-7-13-23)36(22-24-25(32)14-10-15-26(24)33)30(38)18-11-20-37(42(2,40)41)28-17-9-8-16-27(28)34/h5-10,12-17,29H,3-4,11,18-22H2,1-2H3,(H,35,39)/t29-/m0/s1. The molecule has 11 heteroatoms. The van der Waals surface area contributed by atoms with Crippen LogP contribution in [-0.2, 0) is 32.6 Å². The Kier molecular flexibility index (Phi) is 12.6. The van der Waals surface area contributed by atoms with Crippen LogP contribution >= 0.6 is 23.2 Å². The summed E-state index contributed by atoms with van der Waals surface area (Å²) in [5.74, 6) is -1.39. The number of para-hydroxylation sites is 1. The van der Waals surface area contributed by atoms with E-state index in [1.807, 2.05) is 37.3 Å². The van der Waals surface area contributed by atoms with E-state index in [4.69, 9.17) is 23.2 Å². The summed E-state index contributed by atoms with van der Waals surface area (Å²) < 4.78 is 40.5. The van der Waals surface area contributed by atoms with Crippen molar-refractivity contribution in [3.63, 3.8) is 0 Å². The third-order valence-corrected chi connectivity index (χ3v) is 8.65. The summed E-state index contributed by atoms with van der Waals surface area (Å²) in [6, 6.07) is 19.1. The fourth-order valence-electron chi connectivity index (χ4n) is 4.55. The molecule has 3 aromatic rings. The van der Waals surface area contributed by atoms with Gasteiger partial charge in [0.25, 0.3) is 0 Å². The molecule has 3 rings (SSSR count). The van der Waals surface area contributed by atoms with Gasteiger partial charge in [0.05, 0.1) is 11.9 Å². The van der Waals surface area contributed by atoms with E-state index in [9.17, 15) is 22.4 Å². The number of benzene rings is 3. The van der Waals surface area contributed by atoms with E-state index in [2.05, 4.69) is 5.32 Å². The SMILES string of the molecule is CCCCNC(=O)[C@H](Cc1ccccc1)N(Cc1c(Cl)cccc1Cl)C(=O)CCCN(c1ccccc1F)S(C)(=O)=O. The van der Waals surface area contributed by atoms with Crippen molar-refractivity contribution in [3.05, 3.63) is 99.8 Å². The highest BCUT2D eigenvalue weighted by Crippen LogP contribution is 2.28. The third-order valence-electron chi connectivity index (χ3n) is 6.76. The van der Waals surface area contributed by atoms with Crippen LogP contribution in [0.1, 0.15) is 43.7 Å². The van der Waals surface area contributed by atoms with E-state index >= 15 is 0 Å². The molecule has 1 N–H and O–H groups in total. The van der Waals surface area contributed by atoms with Gasteiger partial charge in [0.1, 0.15) is 11.9 Å². The van der Waals surface area contributed by atoms with Crippen molar-refractivity contribution in [2.75, 3.05) is 23.7 Å². The Morgan fingerprint density at radius 2 is 1.57 bits per heavy atom. The first-order valence-electron chi connectivity index (χ1n) is 13.8. The van der Waals surface area contributed by atoms with Crippen LogP contribution in [0.15, 0.2) is 72.8 Å². The van der Waals surface area contributed by atoms with Crippen LogP contribution in [-0.4, -0.2) is 50.5 Å². The average Bonchev–Trinajstić information content (AvgIpc) is 2.95. The summed E-state index contributed by atoms with van der Waals surface area (Å²) >= 11 is 12.9. The minimum Gasteiger partial charge on any atom is -0.354 e.